The normalized spacial score (nSPS) is 20.6. The van der Waals surface area contributed by atoms with Crippen molar-refractivity contribution in [3.63, 3.8) is 0 Å². The van der Waals surface area contributed by atoms with Crippen molar-refractivity contribution in [1.82, 2.24) is 16.0 Å². The molecule has 3 N–H and O–H groups in total. The second kappa shape index (κ2) is 18.4. The van der Waals surface area contributed by atoms with Crippen LogP contribution >= 0.6 is 0 Å². The zero-order chi connectivity index (χ0) is 26.8. The molecule has 5 rings (SSSR count). The lowest BCUT2D eigenvalue weighted by atomic mass is 10.1. The standard InChI is InChI=1S/C30H45N3O6/c1-7-34-19-25-13-26-15-27(14-25)22-37-10-4-33-6-12-39-24-30-17-28(20-35-8-2-31-1)16-29(18-30)23-38-11-5-32-3-9-36-21-26/h13-18,31-33H,1-12,19-24H2. The van der Waals surface area contributed by atoms with Crippen LogP contribution in [0.1, 0.15) is 33.4 Å². The Morgan fingerprint density at radius 2 is 0.487 bits per heavy atom. The van der Waals surface area contributed by atoms with Gasteiger partial charge in [0.1, 0.15) is 0 Å². The van der Waals surface area contributed by atoms with Gasteiger partial charge in [-0.2, -0.15) is 0 Å². The third-order valence-electron chi connectivity index (χ3n) is 6.38. The molecule has 2 aromatic rings. The Bertz CT molecular complexity index is 743. The van der Waals surface area contributed by atoms with Crippen molar-refractivity contribution < 1.29 is 28.4 Å². The first-order valence-corrected chi connectivity index (χ1v) is 14.2. The van der Waals surface area contributed by atoms with E-state index in [9.17, 15) is 0 Å². The van der Waals surface area contributed by atoms with E-state index in [4.69, 9.17) is 28.4 Å². The van der Waals surface area contributed by atoms with E-state index in [2.05, 4.69) is 52.3 Å². The maximum atomic E-state index is 5.96. The average molecular weight is 544 g/mol. The smallest absolute Gasteiger partial charge is 0.0717 e. The molecule has 3 aliphatic rings. The molecule has 0 spiro atoms. The summed E-state index contributed by atoms with van der Waals surface area (Å²) in [6.45, 7) is 11.8. The van der Waals surface area contributed by atoms with Crippen LogP contribution in [0.4, 0.5) is 0 Å². The molecule has 2 aromatic carbocycles. The van der Waals surface area contributed by atoms with Crippen LogP contribution in [0.15, 0.2) is 36.4 Å². The number of hydrogen-bond donors (Lipinski definition) is 3. The van der Waals surface area contributed by atoms with Gasteiger partial charge in [0.15, 0.2) is 0 Å². The Morgan fingerprint density at radius 1 is 0.308 bits per heavy atom. The van der Waals surface area contributed by atoms with Crippen LogP contribution in [-0.2, 0) is 68.1 Å². The van der Waals surface area contributed by atoms with Crippen molar-refractivity contribution in [3.8, 4) is 0 Å². The minimum Gasteiger partial charge on any atom is -0.375 e. The zero-order valence-electron chi connectivity index (χ0n) is 23.1. The van der Waals surface area contributed by atoms with Crippen LogP contribution in [0.25, 0.3) is 0 Å². The van der Waals surface area contributed by atoms with Gasteiger partial charge in [-0.05, 0) is 33.4 Å². The van der Waals surface area contributed by atoms with E-state index < -0.39 is 0 Å². The van der Waals surface area contributed by atoms with Crippen molar-refractivity contribution in [1.29, 1.82) is 0 Å². The quantitative estimate of drug-likeness (QED) is 0.433. The van der Waals surface area contributed by atoms with E-state index in [0.29, 0.717) is 79.3 Å². The summed E-state index contributed by atoms with van der Waals surface area (Å²) >= 11 is 0. The fraction of sp³-hybridized carbons (Fsp3) is 0.600. The number of fused-ring (bicyclic) bond motifs is 24. The first-order valence-electron chi connectivity index (χ1n) is 14.2. The number of benzene rings is 2. The van der Waals surface area contributed by atoms with Crippen molar-refractivity contribution in [2.24, 2.45) is 0 Å². The molecule has 6 bridgehead atoms. The van der Waals surface area contributed by atoms with Gasteiger partial charge in [-0.1, -0.05) is 36.4 Å². The molecule has 9 heteroatoms. The van der Waals surface area contributed by atoms with Gasteiger partial charge in [0.05, 0.1) is 79.3 Å². The Kier molecular flexibility index (Phi) is 14.2. The van der Waals surface area contributed by atoms with Gasteiger partial charge >= 0.3 is 0 Å². The fourth-order valence-electron chi connectivity index (χ4n) is 4.56. The second-order valence-corrected chi connectivity index (χ2v) is 9.88. The fourth-order valence-corrected chi connectivity index (χ4v) is 4.56. The molecule has 39 heavy (non-hydrogen) atoms. The summed E-state index contributed by atoms with van der Waals surface area (Å²) < 4.78 is 35.7. The molecular formula is C30H45N3O6. The van der Waals surface area contributed by atoms with E-state index in [1.165, 1.54) is 0 Å². The van der Waals surface area contributed by atoms with E-state index in [1.807, 2.05) is 0 Å². The number of hydrogen-bond acceptors (Lipinski definition) is 9. The average Bonchev–Trinajstić information content (AvgIpc) is 2.93. The summed E-state index contributed by atoms with van der Waals surface area (Å²) in [4.78, 5) is 0. The molecule has 3 aliphatic heterocycles. The Balaban J connectivity index is 1.45. The molecule has 0 aliphatic carbocycles. The minimum absolute atomic E-state index is 0.556. The van der Waals surface area contributed by atoms with Gasteiger partial charge in [-0.25, -0.2) is 0 Å². The number of rotatable bonds is 0. The molecule has 3 heterocycles. The zero-order valence-corrected chi connectivity index (χ0v) is 23.1. The minimum atomic E-state index is 0.556. The summed E-state index contributed by atoms with van der Waals surface area (Å²) in [6.07, 6.45) is 0. The lowest BCUT2D eigenvalue weighted by Crippen LogP contribution is -2.24. The summed E-state index contributed by atoms with van der Waals surface area (Å²) in [6, 6.07) is 13.0. The highest BCUT2D eigenvalue weighted by Crippen LogP contribution is 2.15. The van der Waals surface area contributed by atoms with Crippen LogP contribution in [-0.4, -0.2) is 78.9 Å². The lowest BCUT2D eigenvalue weighted by molar-refractivity contribution is 0.101. The summed E-state index contributed by atoms with van der Waals surface area (Å²) in [5, 5.41) is 10.2. The van der Waals surface area contributed by atoms with Crippen molar-refractivity contribution in [3.05, 3.63) is 69.8 Å². The van der Waals surface area contributed by atoms with Gasteiger partial charge < -0.3 is 44.4 Å². The Morgan fingerprint density at radius 3 is 0.667 bits per heavy atom. The third kappa shape index (κ3) is 12.4. The summed E-state index contributed by atoms with van der Waals surface area (Å²) in [5.41, 5.74) is 6.80. The molecule has 216 valence electrons. The highest BCUT2D eigenvalue weighted by Gasteiger charge is 2.06. The van der Waals surface area contributed by atoms with Crippen LogP contribution in [0.5, 0.6) is 0 Å². The van der Waals surface area contributed by atoms with Gasteiger partial charge in [0, 0.05) is 39.3 Å². The molecule has 0 fully saturated rings. The van der Waals surface area contributed by atoms with Crippen LogP contribution < -0.4 is 16.0 Å². The topological polar surface area (TPSA) is 91.5 Å². The van der Waals surface area contributed by atoms with Crippen LogP contribution in [0, 0.1) is 0 Å². The molecule has 0 atom stereocenters. The Hall–Kier alpha value is -1.92. The maximum absolute atomic E-state index is 5.96. The van der Waals surface area contributed by atoms with Gasteiger partial charge in [-0.3, -0.25) is 0 Å². The molecule has 0 saturated heterocycles. The highest BCUT2D eigenvalue weighted by atomic mass is 16.5. The third-order valence-corrected chi connectivity index (χ3v) is 6.38. The van der Waals surface area contributed by atoms with Crippen molar-refractivity contribution in [2.75, 3.05) is 78.9 Å². The summed E-state index contributed by atoms with van der Waals surface area (Å²) in [7, 11) is 0. The molecule has 0 radical (unpaired) electrons. The SMILES string of the molecule is c1c2cc3cc1COCCNCCOCc1cc(cc(c1)COCCNCCOC3)COCCNCCOC2. The van der Waals surface area contributed by atoms with Gasteiger partial charge in [0.25, 0.3) is 0 Å². The Labute approximate surface area is 232 Å². The van der Waals surface area contributed by atoms with E-state index in [-0.39, 0.29) is 0 Å². The number of ether oxygens (including phenoxy) is 6. The largest absolute Gasteiger partial charge is 0.375 e. The maximum Gasteiger partial charge on any atom is 0.0717 e. The molecule has 0 amide bonds. The first-order chi connectivity index (χ1) is 19.3. The molecule has 9 nitrogen and oxygen atoms in total. The van der Waals surface area contributed by atoms with Gasteiger partial charge in [-0.15, -0.1) is 0 Å². The molecule has 0 saturated carbocycles. The molecule has 0 unspecified atom stereocenters. The lowest BCUT2D eigenvalue weighted by Gasteiger charge is -2.14. The predicted octanol–water partition coefficient (Wildman–Crippen LogP) is 2.28. The van der Waals surface area contributed by atoms with Crippen LogP contribution in [0.3, 0.4) is 0 Å². The monoisotopic (exact) mass is 543 g/mol. The number of nitrogens with one attached hydrogen (secondary N) is 3. The van der Waals surface area contributed by atoms with E-state index in [0.717, 1.165) is 72.6 Å². The van der Waals surface area contributed by atoms with E-state index >= 15 is 0 Å². The van der Waals surface area contributed by atoms with E-state index in [1.54, 1.807) is 0 Å². The molecular weight excluding hydrogens is 498 g/mol. The predicted molar refractivity (Wildman–Crippen MR) is 149 cm³/mol. The van der Waals surface area contributed by atoms with Crippen molar-refractivity contribution in [2.45, 2.75) is 39.6 Å². The van der Waals surface area contributed by atoms with Crippen molar-refractivity contribution >= 4 is 0 Å². The molecule has 0 aromatic heterocycles. The summed E-state index contributed by atoms with van der Waals surface area (Å²) in [5.74, 6) is 0. The second-order valence-electron chi connectivity index (χ2n) is 9.88. The van der Waals surface area contributed by atoms with Gasteiger partial charge in [0.2, 0.25) is 0 Å². The van der Waals surface area contributed by atoms with Crippen LogP contribution in [0.2, 0.25) is 0 Å². The first kappa shape index (κ1) is 30.0. The highest BCUT2D eigenvalue weighted by molar-refractivity contribution is 5.30.